The van der Waals surface area contributed by atoms with Crippen LogP contribution >= 0.6 is 24.0 Å². The molecule has 3 aromatic rings. The van der Waals surface area contributed by atoms with Crippen molar-refractivity contribution in [2.75, 3.05) is 39.7 Å². The lowest BCUT2D eigenvalue weighted by Crippen LogP contribution is -2.32. The summed E-state index contributed by atoms with van der Waals surface area (Å²) in [5.74, 6) is 3.26. The first-order chi connectivity index (χ1) is 15.2. The van der Waals surface area contributed by atoms with E-state index in [9.17, 15) is 0 Å². The van der Waals surface area contributed by atoms with Crippen molar-refractivity contribution in [1.82, 2.24) is 5.32 Å². The second-order valence-electron chi connectivity index (χ2n) is 6.76. The Balaban J connectivity index is 0.00000363. The number of benzene rings is 2. The maximum absolute atomic E-state index is 5.45. The molecule has 0 spiro atoms. The number of halogens is 1. The monoisotopic (exact) mass is 551 g/mol. The highest BCUT2D eigenvalue weighted by molar-refractivity contribution is 14.0. The Labute approximate surface area is 206 Å². The molecule has 2 aromatic carbocycles. The lowest BCUT2D eigenvalue weighted by atomic mass is 10.1. The highest BCUT2D eigenvalue weighted by Gasteiger charge is 2.14. The van der Waals surface area contributed by atoms with Gasteiger partial charge in [-0.2, -0.15) is 0 Å². The van der Waals surface area contributed by atoms with E-state index in [0.29, 0.717) is 36.2 Å². The zero-order valence-corrected chi connectivity index (χ0v) is 20.9. The molecule has 0 atom stereocenters. The number of methoxy groups -OCH3 is 3. The number of furan rings is 1. The summed E-state index contributed by atoms with van der Waals surface area (Å²) in [6.45, 7) is 1.32. The summed E-state index contributed by atoms with van der Waals surface area (Å²) in [5.41, 5.74) is 2.04. The summed E-state index contributed by atoms with van der Waals surface area (Å²) >= 11 is 0. The summed E-state index contributed by atoms with van der Waals surface area (Å²) in [4.78, 5) is 4.70. The highest BCUT2D eigenvalue weighted by Crippen LogP contribution is 2.39. The van der Waals surface area contributed by atoms with E-state index in [1.807, 2.05) is 42.5 Å². The Morgan fingerprint density at radius 3 is 2.22 bits per heavy atom. The van der Waals surface area contributed by atoms with Crippen molar-refractivity contribution in [3.63, 3.8) is 0 Å². The number of guanidine groups is 1. The summed E-state index contributed by atoms with van der Waals surface area (Å²) in [5, 5.41) is 6.73. The SMILES string of the molecule is COc1cc(NC(=NCCc2ccco2)NCCc2ccccc2)cc(OC)c1OC.I. The van der Waals surface area contributed by atoms with Crippen LogP contribution in [0.25, 0.3) is 0 Å². The van der Waals surface area contributed by atoms with E-state index < -0.39 is 0 Å². The van der Waals surface area contributed by atoms with Crippen LogP contribution in [-0.2, 0) is 12.8 Å². The van der Waals surface area contributed by atoms with Gasteiger partial charge >= 0.3 is 0 Å². The van der Waals surface area contributed by atoms with Gasteiger partial charge in [0.15, 0.2) is 17.5 Å². The first-order valence-corrected chi connectivity index (χ1v) is 10.1. The molecule has 0 fully saturated rings. The molecule has 1 aromatic heterocycles. The van der Waals surface area contributed by atoms with Crippen LogP contribution in [-0.4, -0.2) is 40.4 Å². The molecule has 3 rings (SSSR count). The topological polar surface area (TPSA) is 77.2 Å². The minimum atomic E-state index is 0. The van der Waals surface area contributed by atoms with Gasteiger partial charge in [-0.25, -0.2) is 0 Å². The first kappa shape index (κ1) is 25.4. The van der Waals surface area contributed by atoms with Gasteiger partial charge in [0.25, 0.3) is 0 Å². The Morgan fingerprint density at radius 2 is 1.62 bits per heavy atom. The fourth-order valence-electron chi connectivity index (χ4n) is 3.13. The second-order valence-corrected chi connectivity index (χ2v) is 6.76. The van der Waals surface area contributed by atoms with Gasteiger partial charge in [0.1, 0.15) is 5.76 Å². The van der Waals surface area contributed by atoms with Crippen molar-refractivity contribution in [2.24, 2.45) is 4.99 Å². The van der Waals surface area contributed by atoms with Crippen molar-refractivity contribution >= 4 is 35.6 Å². The van der Waals surface area contributed by atoms with Gasteiger partial charge in [-0.15, -0.1) is 24.0 Å². The Hall–Kier alpha value is -2.88. The number of nitrogens with zero attached hydrogens (tertiary/aromatic N) is 1. The average molecular weight is 551 g/mol. The van der Waals surface area contributed by atoms with Gasteiger partial charge in [-0.05, 0) is 24.1 Å². The predicted molar refractivity (Wildman–Crippen MR) is 138 cm³/mol. The minimum Gasteiger partial charge on any atom is -0.493 e. The number of hydrogen-bond acceptors (Lipinski definition) is 5. The van der Waals surface area contributed by atoms with E-state index in [1.165, 1.54) is 5.56 Å². The lowest BCUT2D eigenvalue weighted by Gasteiger charge is -2.17. The number of hydrogen-bond donors (Lipinski definition) is 2. The van der Waals surface area contributed by atoms with Crippen molar-refractivity contribution in [2.45, 2.75) is 12.8 Å². The van der Waals surface area contributed by atoms with Crippen molar-refractivity contribution < 1.29 is 18.6 Å². The summed E-state index contributed by atoms with van der Waals surface area (Å²) in [6, 6.07) is 17.9. The zero-order valence-electron chi connectivity index (χ0n) is 18.6. The molecule has 0 saturated heterocycles. The van der Waals surface area contributed by atoms with Crippen molar-refractivity contribution in [1.29, 1.82) is 0 Å². The Morgan fingerprint density at radius 1 is 0.906 bits per heavy atom. The third kappa shape index (κ3) is 7.37. The molecule has 0 radical (unpaired) electrons. The molecule has 0 unspecified atom stereocenters. The van der Waals surface area contributed by atoms with Crippen LogP contribution < -0.4 is 24.8 Å². The minimum absolute atomic E-state index is 0. The zero-order chi connectivity index (χ0) is 21.9. The molecule has 32 heavy (non-hydrogen) atoms. The van der Waals surface area contributed by atoms with E-state index in [2.05, 4.69) is 22.8 Å². The van der Waals surface area contributed by atoms with Crippen LogP contribution in [0.4, 0.5) is 5.69 Å². The first-order valence-electron chi connectivity index (χ1n) is 10.1. The van der Waals surface area contributed by atoms with Gasteiger partial charge in [0, 0.05) is 37.3 Å². The molecule has 0 saturated carbocycles. The van der Waals surface area contributed by atoms with Crippen LogP contribution in [0, 0.1) is 0 Å². The Kier molecular flexibility index (Phi) is 10.7. The van der Waals surface area contributed by atoms with E-state index >= 15 is 0 Å². The molecular weight excluding hydrogens is 521 g/mol. The quantitative estimate of drug-likeness (QED) is 0.215. The smallest absolute Gasteiger partial charge is 0.203 e. The maximum Gasteiger partial charge on any atom is 0.203 e. The average Bonchev–Trinajstić information content (AvgIpc) is 3.32. The standard InChI is InChI=1S/C24H29N3O4.HI/c1-28-21-16-19(17-22(29-2)23(21)30-3)27-24(26-14-12-20-10-7-15-31-20)25-13-11-18-8-5-4-6-9-18;/h4-10,15-17H,11-14H2,1-3H3,(H2,25,26,27);1H. The fourth-order valence-corrected chi connectivity index (χ4v) is 3.13. The summed E-state index contributed by atoms with van der Waals surface area (Å²) < 4.78 is 21.7. The molecule has 2 N–H and O–H groups in total. The van der Waals surface area contributed by atoms with E-state index in [1.54, 1.807) is 27.6 Å². The molecule has 0 amide bonds. The van der Waals surface area contributed by atoms with Crippen LogP contribution in [0.1, 0.15) is 11.3 Å². The van der Waals surface area contributed by atoms with E-state index in [0.717, 1.165) is 24.4 Å². The molecule has 7 nitrogen and oxygen atoms in total. The maximum atomic E-state index is 5.45. The number of aliphatic imine (C=N–C) groups is 1. The third-order valence-electron chi connectivity index (χ3n) is 4.68. The van der Waals surface area contributed by atoms with Crippen LogP contribution in [0.2, 0.25) is 0 Å². The molecule has 0 aliphatic rings. The van der Waals surface area contributed by atoms with Crippen LogP contribution in [0.3, 0.4) is 0 Å². The highest BCUT2D eigenvalue weighted by atomic mass is 127. The van der Waals surface area contributed by atoms with E-state index in [4.69, 9.17) is 23.6 Å². The van der Waals surface area contributed by atoms with Gasteiger partial charge in [0.2, 0.25) is 5.75 Å². The van der Waals surface area contributed by atoms with Crippen molar-refractivity contribution in [3.05, 3.63) is 72.2 Å². The lowest BCUT2D eigenvalue weighted by molar-refractivity contribution is 0.324. The number of nitrogens with one attached hydrogen (secondary N) is 2. The molecule has 0 bridgehead atoms. The Bertz CT molecular complexity index is 938. The second kappa shape index (κ2) is 13.5. The molecule has 1 heterocycles. The summed E-state index contributed by atoms with van der Waals surface area (Å²) in [7, 11) is 4.77. The van der Waals surface area contributed by atoms with Crippen molar-refractivity contribution in [3.8, 4) is 17.2 Å². The summed E-state index contributed by atoms with van der Waals surface area (Å²) in [6.07, 6.45) is 3.27. The van der Waals surface area contributed by atoms with Gasteiger partial charge in [0.05, 0.1) is 27.6 Å². The molecule has 8 heteroatoms. The fraction of sp³-hybridized carbons (Fsp3) is 0.292. The van der Waals surface area contributed by atoms with Gasteiger partial charge in [-0.3, -0.25) is 4.99 Å². The number of anilines is 1. The van der Waals surface area contributed by atoms with Crippen LogP contribution in [0.15, 0.2) is 70.3 Å². The third-order valence-corrected chi connectivity index (χ3v) is 4.68. The van der Waals surface area contributed by atoms with Gasteiger partial charge in [-0.1, -0.05) is 30.3 Å². The largest absolute Gasteiger partial charge is 0.493 e. The molecule has 0 aliphatic heterocycles. The van der Waals surface area contributed by atoms with E-state index in [-0.39, 0.29) is 24.0 Å². The van der Waals surface area contributed by atoms with Gasteiger partial charge < -0.3 is 29.3 Å². The number of ether oxygens (including phenoxy) is 3. The molecule has 172 valence electrons. The predicted octanol–water partition coefficient (Wildman–Crippen LogP) is 4.77. The van der Waals surface area contributed by atoms with Crippen LogP contribution in [0.5, 0.6) is 17.2 Å². The molecular formula is C24H30IN3O4. The molecule has 0 aliphatic carbocycles. The number of rotatable bonds is 10. The normalized spacial score (nSPS) is 10.8.